The highest BCUT2D eigenvalue weighted by molar-refractivity contribution is 4.89. The number of rotatable bonds is 0. The zero-order chi connectivity index (χ0) is 6.69. The van der Waals surface area contributed by atoms with E-state index in [2.05, 4.69) is 5.32 Å². The molecule has 1 aliphatic heterocycles. The van der Waals surface area contributed by atoms with E-state index in [-0.39, 0.29) is 12.2 Å². The highest BCUT2D eigenvalue weighted by Crippen LogP contribution is 2.00. The Balaban J connectivity index is 2.34. The first-order valence-electron chi connectivity index (χ1n) is 3.08. The molecule has 1 N–H and O–H groups in total. The van der Waals surface area contributed by atoms with Crippen LogP contribution in [0.3, 0.4) is 0 Å². The van der Waals surface area contributed by atoms with Crippen molar-refractivity contribution < 1.29 is 4.74 Å². The highest BCUT2D eigenvalue weighted by atomic mass is 16.5. The maximum Gasteiger partial charge on any atom is 0.156 e. The molecule has 1 heterocycles. The van der Waals surface area contributed by atoms with Gasteiger partial charge in [0.2, 0.25) is 0 Å². The van der Waals surface area contributed by atoms with E-state index in [1.807, 2.05) is 13.0 Å². The zero-order valence-electron chi connectivity index (χ0n) is 5.42. The van der Waals surface area contributed by atoms with Crippen LogP contribution in [0.4, 0.5) is 0 Å². The van der Waals surface area contributed by atoms with Crippen molar-refractivity contribution in [2.24, 2.45) is 0 Å². The smallest absolute Gasteiger partial charge is 0.156 e. The molecular formula is C6H10N2O. The van der Waals surface area contributed by atoms with Crippen molar-refractivity contribution in [2.45, 2.75) is 19.1 Å². The minimum absolute atomic E-state index is 0.184. The molecule has 2 atom stereocenters. The fourth-order valence-corrected chi connectivity index (χ4v) is 0.870. The average Bonchev–Trinajstić information content (AvgIpc) is 1.88. The van der Waals surface area contributed by atoms with Crippen molar-refractivity contribution in [1.29, 1.82) is 5.26 Å². The van der Waals surface area contributed by atoms with Gasteiger partial charge in [0.1, 0.15) is 0 Å². The molecule has 0 radical (unpaired) electrons. The number of nitrogens with zero attached hydrogens (tertiary/aromatic N) is 1. The minimum atomic E-state index is -0.242. The fraction of sp³-hybridized carbons (Fsp3) is 0.833. The van der Waals surface area contributed by atoms with Crippen LogP contribution < -0.4 is 5.32 Å². The second-order valence-corrected chi connectivity index (χ2v) is 2.22. The van der Waals surface area contributed by atoms with Crippen molar-refractivity contribution in [3.8, 4) is 6.07 Å². The number of hydrogen-bond donors (Lipinski definition) is 1. The Morgan fingerprint density at radius 2 is 2.44 bits per heavy atom. The summed E-state index contributed by atoms with van der Waals surface area (Å²) in [5.74, 6) is 0. The van der Waals surface area contributed by atoms with E-state index >= 15 is 0 Å². The molecule has 0 amide bonds. The Hall–Kier alpha value is -0.590. The fourth-order valence-electron chi connectivity index (χ4n) is 0.870. The molecule has 1 rings (SSSR count). The zero-order valence-corrected chi connectivity index (χ0v) is 5.42. The van der Waals surface area contributed by atoms with Crippen LogP contribution >= 0.6 is 0 Å². The van der Waals surface area contributed by atoms with Gasteiger partial charge < -0.3 is 10.1 Å². The number of ether oxygens (including phenoxy) is 1. The lowest BCUT2D eigenvalue weighted by atomic mass is 10.3. The van der Waals surface area contributed by atoms with Crippen molar-refractivity contribution in [3.05, 3.63) is 0 Å². The molecule has 0 saturated carbocycles. The summed E-state index contributed by atoms with van der Waals surface area (Å²) in [7, 11) is 0. The molecule has 0 spiro atoms. The summed E-state index contributed by atoms with van der Waals surface area (Å²) in [6.45, 7) is 3.48. The van der Waals surface area contributed by atoms with Crippen LogP contribution in [0.15, 0.2) is 0 Å². The van der Waals surface area contributed by atoms with Gasteiger partial charge in [-0.2, -0.15) is 5.26 Å². The van der Waals surface area contributed by atoms with Gasteiger partial charge in [-0.1, -0.05) is 0 Å². The lowest BCUT2D eigenvalue weighted by Gasteiger charge is -2.23. The monoisotopic (exact) mass is 126 g/mol. The SMILES string of the molecule is CC1CNCC(C#N)O1. The van der Waals surface area contributed by atoms with Crippen molar-refractivity contribution >= 4 is 0 Å². The predicted molar refractivity (Wildman–Crippen MR) is 32.8 cm³/mol. The summed E-state index contributed by atoms with van der Waals surface area (Å²) < 4.78 is 5.21. The first-order valence-corrected chi connectivity index (χ1v) is 3.08. The normalized spacial score (nSPS) is 35.6. The van der Waals surface area contributed by atoms with E-state index in [1.165, 1.54) is 0 Å². The van der Waals surface area contributed by atoms with Gasteiger partial charge in [0.25, 0.3) is 0 Å². The van der Waals surface area contributed by atoms with E-state index < -0.39 is 0 Å². The molecule has 0 bridgehead atoms. The van der Waals surface area contributed by atoms with Crippen LogP contribution in [-0.2, 0) is 4.74 Å². The maximum absolute atomic E-state index is 8.39. The predicted octanol–water partition coefficient (Wildman–Crippen LogP) is -0.113. The molecule has 1 aliphatic rings. The van der Waals surface area contributed by atoms with E-state index in [9.17, 15) is 0 Å². The second-order valence-electron chi connectivity index (χ2n) is 2.22. The van der Waals surface area contributed by atoms with Gasteiger partial charge in [-0.3, -0.25) is 0 Å². The van der Waals surface area contributed by atoms with Crippen LogP contribution in [0.25, 0.3) is 0 Å². The Morgan fingerprint density at radius 3 is 2.89 bits per heavy atom. The number of hydrogen-bond acceptors (Lipinski definition) is 3. The van der Waals surface area contributed by atoms with Gasteiger partial charge in [0, 0.05) is 13.1 Å². The van der Waals surface area contributed by atoms with Crippen LogP contribution in [-0.4, -0.2) is 25.3 Å². The summed E-state index contributed by atoms with van der Waals surface area (Å²) in [6.07, 6.45) is -0.0582. The second kappa shape index (κ2) is 2.81. The summed E-state index contributed by atoms with van der Waals surface area (Å²) in [4.78, 5) is 0. The Bertz CT molecular complexity index is 130. The molecule has 0 aromatic carbocycles. The number of nitrogens with one attached hydrogen (secondary N) is 1. The Labute approximate surface area is 54.6 Å². The van der Waals surface area contributed by atoms with Gasteiger partial charge in [0.15, 0.2) is 6.10 Å². The molecule has 0 aromatic heterocycles. The quantitative estimate of drug-likeness (QED) is 0.492. The molecule has 9 heavy (non-hydrogen) atoms. The van der Waals surface area contributed by atoms with Gasteiger partial charge in [-0.05, 0) is 6.92 Å². The minimum Gasteiger partial charge on any atom is -0.358 e. The summed E-state index contributed by atoms with van der Waals surface area (Å²) in [5.41, 5.74) is 0. The standard InChI is InChI=1S/C6H10N2O/c1-5-3-8-4-6(2-7)9-5/h5-6,8H,3-4H2,1H3. The van der Waals surface area contributed by atoms with E-state index in [4.69, 9.17) is 10.00 Å². The first-order chi connectivity index (χ1) is 4.33. The van der Waals surface area contributed by atoms with Crippen molar-refractivity contribution in [3.63, 3.8) is 0 Å². The number of nitriles is 1. The first kappa shape index (κ1) is 6.53. The molecule has 2 unspecified atom stereocenters. The van der Waals surface area contributed by atoms with Crippen molar-refractivity contribution in [2.75, 3.05) is 13.1 Å². The summed E-state index contributed by atoms with van der Waals surface area (Å²) in [6, 6.07) is 2.05. The third kappa shape index (κ3) is 1.67. The molecular weight excluding hydrogens is 116 g/mol. The molecule has 3 heteroatoms. The average molecular weight is 126 g/mol. The number of morpholine rings is 1. The Morgan fingerprint density at radius 1 is 1.67 bits per heavy atom. The van der Waals surface area contributed by atoms with E-state index in [1.54, 1.807) is 0 Å². The van der Waals surface area contributed by atoms with Gasteiger partial charge in [0.05, 0.1) is 12.2 Å². The Kier molecular flexibility index (Phi) is 2.04. The van der Waals surface area contributed by atoms with Crippen LogP contribution in [0.5, 0.6) is 0 Å². The molecule has 1 saturated heterocycles. The molecule has 50 valence electrons. The van der Waals surface area contributed by atoms with Gasteiger partial charge in [-0.15, -0.1) is 0 Å². The van der Waals surface area contributed by atoms with E-state index in [0.29, 0.717) is 6.54 Å². The maximum atomic E-state index is 8.39. The molecule has 0 aromatic rings. The van der Waals surface area contributed by atoms with Gasteiger partial charge >= 0.3 is 0 Å². The summed E-state index contributed by atoms with van der Waals surface area (Å²) >= 11 is 0. The third-order valence-corrected chi connectivity index (χ3v) is 1.30. The van der Waals surface area contributed by atoms with Crippen LogP contribution in [0.2, 0.25) is 0 Å². The lowest BCUT2D eigenvalue weighted by Crippen LogP contribution is -2.42. The van der Waals surface area contributed by atoms with Crippen molar-refractivity contribution in [1.82, 2.24) is 5.32 Å². The highest BCUT2D eigenvalue weighted by Gasteiger charge is 2.16. The largest absolute Gasteiger partial charge is 0.358 e. The lowest BCUT2D eigenvalue weighted by molar-refractivity contribution is 0.00252. The topological polar surface area (TPSA) is 45.0 Å². The molecule has 3 nitrogen and oxygen atoms in total. The van der Waals surface area contributed by atoms with Crippen LogP contribution in [0.1, 0.15) is 6.92 Å². The van der Waals surface area contributed by atoms with Gasteiger partial charge in [-0.25, -0.2) is 0 Å². The van der Waals surface area contributed by atoms with E-state index in [0.717, 1.165) is 6.54 Å². The molecule has 0 aliphatic carbocycles. The third-order valence-electron chi connectivity index (χ3n) is 1.30. The molecule has 1 fully saturated rings. The summed E-state index contributed by atoms with van der Waals surface area (Å²) in [5, 5.41) is 11.5. The van der Waals surface area contributed by atoms with Crippen LogP contribution in [0, 0.1) is 11.3 Å².